The summed E-state index contributed by atoms with van der Waals surface area (Å²) in [5.41, 5.74) is 1.73. The van der Waals surface area contributed by atoms with E-state index in [1.54, 1.807) is 39.5 Å². The van der Waals surface area contributed by atoms with Gasteiger partial charge >= 0.3 is 0 Å². The van der Waals surface area contributed by atoms with Gasteiger partial charge in [-0.2, -0.15) is 0 Å². The molecular weight excluding hydrogens is 322 g/mol. The van der Waals surface area contributed by atoms with E-state index >= 15 is 0 Å². The molecule has 0 fully saturated rings. The molecule has 0 bridgehead atoms. The lowest BCUT2D eigenvalue weighted by Crippen LogP contribution is -2.20. The zero-order valence-corrected chi connectivity index (χ0v) is 15.1. The molecular formula is C19H23NO5. The Morgan fingerprint density at radius 2 is 1.72 bits per heavy atom. The van der Waals surface area contributed by atoms with Crippen molar-refractivity contribution in [2.45, 2.75) is 20.4 Å². The monoisotopic (exact) mass is 345 g/mol. The number of amides is 1. The molecule has 0 saturated carbocycles. The fraction of sp³-hybridized carbons (Fsp3) is 0.316. The van der Waals surface area contributed by atoms with Crippen LogP contribution in [0.25, 0.3) is 6.08 Å². The molecule has 6 nitrogen and oxygen atoms in total. The summed E-state index contributed by atoms with van der Waals surface area (Å²) in [6.07, 6.45) is 3.15. The summed E-state index contributed by atoms with van der Waals surface area (Å²) in [6.45, 7) is 4.17. The van der Waals surface area contributed by atoms with Crippen LogP contribution in [0.1, 0.15) is 22.6 Å². The third-order valence-electron chi connectivity index (χ3n) is 3.71. The molecule has 0 aliphatic carbocycles. The number of ether oxygens (including phenoxy) is 3. The van der Waals surface area contributed by atoms with E-state index in [0.717, 1.165) is 22.6 Å². The van der Waals surface area contributed by atoms with Gasteiger partial charge in [-0.25, -0.2) is 0 Å². The lowest BCUT2D eigenvalue weighted by atomic mass is 10.1. The number of methoxy groups -OCH3 is 3. The van der Waals surface area contributed by atoms with Crippen molar-refractivity contribution in [3.63, 3.8) is 0 Å². The Balaban J connectivity index is 2.07. The van der Waals surface area contributed by atoms with Crippen LogP contribution in [0.2, 0.25) is 0 Å². The SMILES string of the molecule is COc1cc(C=CC(=O)NCc2cc(C)oc2C)cc(OC)c1OC. The molecule has 0 saturated heterocycles. The van der Waals surface area contributed by atoms with Crippen LogP contribution < -0.4 is 19.5 Å². The van der Waals surface area contributed by atoms with Gasteiger partial charge in [0.1, 0.15) is 11.5 Å². The fourth-order valence-electron chi connectivity index (χ4n) is 2.47. The quantitative estimate of drug-likeness (QED) is 0.780. The number of carbonyl (C=O) groups is 1. The second-order valence-corrected chi connectivity index (χ2v) is 5.45. The van der Waals surface area contributed by atoms with Crippen molar-refractivity contribution in [1.82, 2.24) is 5.32 Å². The van der Waals surface area contributed by atoms with Crippen LogP contribution >= 0.6 is 0 Å². The van der Waals surface area contributed by atoms with Crippen molar-refractivity contribution in [1.29, 1.82) is 0 Å². The first-order chi connectivity index (χ1) is 12.0. The number of furan rings is 1. The standard InChI is InChI=1S/C19H23NO5/c1-12-8-15(13(2)25-12)11-20-18(21)7-6-14-9-16(22-3)19(24-5)17(10-14)23-4/h6-10H,11H2,1-5H3,(H,20,21). The average Bonchev–Trinajstić information content (AvgIpc) is 2.94. The Hall–Kier alpha value is -2.89. The smallest absolute Gasteiger partial charge is 0.244 e. The molecule has 1 heterocycles. The number of carbonyl (C=O) groups excluding carboxylic acids is 1. The summed E-state index contributed by atoms with van der Waals surface area (Å²) >= 11 is 0. The molecule has 0 unspecified atom stereocenters. The summed E-state index contributed by atoms with van der Waals surface area (Å²) < 4.78 is 21.3. The van der Waals surface area contributed by atoms with Crippen molar-refractivity contribution in [2.75, 3.05) is 21.3 Å². The van der Waals surface area contributed by atoms with E-state index in [1.165, 1.54) is 6.08 Å². The van der Waals surface area contributed by atoms with E-state index in [9.17, 15) is 4.79 Å². The fourth-order valence-corrected chi connectivity index (χ4v) is 2.47. The van der Waals surface area contributed by atoms with Gasteiger partial charge in [0.15, 0.2) is 11.5 Å². The van der Waals surface area contributed by atoms with Gasteiger partial charge in [-0.15, -0.1) is 0 Å². The first kappa shape index (κ1) is 18.4. The molecule has 1 aromatic carbocycles. The van der Waals surface area contributed by atoms with Crippen LogP contribution in [0.3, 0.4) is 0 Å². The van der Waals surface area contributed by atoms with Crippen molar-refractivity contribution in [3.8, 4) is 17.2 Å². The van der Waals surface area contributed by atoms with E-state index < -0.39 is 0 Å². The van der Waals surface area contributed by atoms with E-state index in [4.69, 9.17) is 18.6 Å². The molecule has 6 heteroatoms. The number of hydrogen-bond acceptors (Lipinski definition) is 5. The van der Waals surface area contributed by atoms with Gasteiger partial charge < -0.3 is 23.9 Å². The number of nitrogens with one attached hydrogen (secondary N) is 1. The zero-order valence-electron chi connectivity index (χ0n) is 15.1. The van der Waals surface area contributed by atoms with Crippen molar-refractivity contribution < 1.29 is 23.4 Å². The van der Waals surface area contributed by atoms with Gasteiger partial charge in [0, 0.05) is 18.2 Å². The van der Waals surface area contributed by atoms with Crippen molar-refractivity contribution >= 4 is 12.0 Å². The topological polar surface area (TPSA) is 69.9 Å². The van der Waals surface area contributed by atoms with Crippen LogP contribution in [-0.4, -0.2) is 27.2 Å². The highest BCUT2D eigenvalue weighted by Gasteiger charge is 2.12. The highest BCUT2D eigenvalue weighted by molar-refractivity contribution is 5.91. The molecule has 0 atom stereocenters. The molecule has 134 valence electrons. The van der Waals surface area contributed by atoms with Gasteiger partial charge in [0.05, 0.1) is 21.3 Å². The number of benzene rings is 1. The van der Waals surface area contributed by atoms with Crippen LogP contribution in [0.15, 0.2) is 28.7 Å². The molecule has 1 N–H and O–H groups in total. The lowest BCUT2D eigenvalue weighted by molar-refractivity contribution is -0.116. The molecule has 1 aromatic heterocycles. The maximum Gasteiger partial charge on any atom is 0.244 e. The Morgan fingerprint density at radius 1 is 1.08 bits per heavy atom. The third-order valence-corrected chi connectivity index (χ3v) is 3.71. The minimum Gasteiger partial charge on any atom is -0.493 e. The first-order valence-corrected chi connectivity index (χ1v) is 7.80. The zero-order chi connectivity index (χ0) is 18.4. The third kappa shape index (κ3) is 4.56. The van der Waals surface area contributed by atoms with Gasteiger partial charge in [0.2, 0.25) is 11.7 Å². The van der Waals surface area contributed by atoms with Crippen LogP contribution in [-0.2, 0) is 11.3 Å². The highest BCUT2D eigenvalue weighted by Crippen LogP contribution is 2.38. The van der Waals surface area contributed by atoms with E-state index in [1.807, 2.05) is 19.9 Å². The van der Waals surface area contributed by atoms with Crippen LogP contribution in [0.5, 0.6) is 17.2 Å². The van der Waals surface area contributed by atoms with Crippen LogP contribution in [0, 0.1) is 13.8 Å². The van der Waals surface area contributed by atoms with Gasteiger partial charge in [0.25, 0.3) is 0 Å². The summed E-state index contributed by atoms with van der Waals surface area (Å²) in [5.74, 6) is 3.02. The Labute approximate surface area is 147 Å². The molecule has 2 aromatic rings. The maximum atomic E-state index is 12.0. The molecule has 0 spiro atoms. The first-order valence-electron chi connectivity index (χ1n) is 7.80. The van der Waals surface area contributed by atoms with Crippen molar-refractivity contribution in [2.24, 2.45) is 0 Å². The highest BCUT2D eigenvalue weighted by atomic mass is 16.5. The normalized spacial score (nSPS) is 10.8. The summed E-state index contributed by atoms with van der Waals surface area (Å²) in [6, 6.07) is 5.46. The number of hydrogen-bond donors (Lipinski definition) is 1. The maximum absolute atomic E-state index is 12.0. The minimum absolute atomic E-state index is 0.202. The molecule has 2 rings (SSSR count). The molecule has 0 radical (unpaired) electrons. The summed E-state index contributed by atoms with van der Waals surface area (Å²) in [7, 11) is 4.64. The minimum atomic E-state index is -0.202. The average molecular weight is 345 g/mol. The largest absolute Gasteiger partial charge is 0.493 e. The lowest BCUT2D eigenvalue weighted by Gasteiger charge is -2.12. The van der Waals surface area contributed by atoms with E-state index in [2.05, 4.69) is 5.32 Å². The predicted molar refractivity (Wildman–Crippen MR) is 95.2 cm³/mol. The number of rotatable bonds is 7. The Bertz CT molecular complexity index is 751. The molecule has 1 amide bonds. The summed E-state index contributed by atoms with van der Waals surface area (Å²) in [5, 5.41) is 2.83. The van der Waals surface area contributed by atoms with Crippen molar-refractivity contribution in [3.05, 3.63) is 46.9 Å². The number of aryl methyl sites for hydroxylation is 2. The summed E-state index contributed by atoms with van der Waals surface area (Å²) in [4.78, 5) is 12.0. The molecule has 25 heavy (non-hydrogen) atoms. The Kier molecular flexibility index (Phi) is 6.11. The molecule has 0 aliphatic heterocycles. The second-order valence-electron chi connectivity index (χ2n) is 5.45. The van der Waals surface area contributed by atoms with E-state index in [0.29, 0.717) is 23.8 Å². The Morgan fingerprint density at radius 3 is 2.20 bits per heavy atom. The van der Waals surface area contributed by atoms with E-state index in [-0.39, 0.29) is 5.91 Å². The van der Waals surface area contributed by atoms with Gasteiger partial charge in [-0.3, -0.25) is 4.79 Å². The van der Waals surface area contributed by atoms with Gasteiger partial charge in [-0.1, -0.05) is 0 Å². The van der Waals surface area contributed by atoms with Crippen LogP contribution in [0.4, 0.5) is 0 Å². The molecule has 0 aliphatic rings. The predicted octanol–water partition coefficient (Wildman–Crippen LogP) is 3.25. The van der Waals surface area contributed by atoms with Gasteiger partial charge in [-0.05, 0) is 43.7 Å². The second kappa shape index (κ2) is 8.28.